The average Bonchev–Trinajstić information content (AvgIpc) is 3.77. The van der Waals surface area contributed by atoms with E-state index in [0.29, 0.717) is 0 Å². The molecule has 9 aromatic rings. The van der Waals surface area contributed by atoms with Crippen molar-refractivity contribution in [2.75, 3.05) is 9.80 Å². The van der Waals surface area contributed by atoms with Crippen LogP contribution < -0.4 is 9.80 Å². The Morgan fingerprint density at radius 2 is 0.864 bits per heavy atom. The molecule has 2 nitrogen and oxygen atoms in total. The highest BCUT2D eigenvalue weighted by Gasteiger charge is 2.53. The second-order valence-corrected chi connectivity index (χ2v) is 15.9. The summed E-state index contributed by atoms with van der Waals surface area (Å²) < 4.78 is 0. The van der Waals surface area contributed by atoms with Crippen LogP contribution >= 0.6 is 0 Å². The number of rotatable bonds is 6. The molecule has 12 rings (SSSR count). The van der Waals surface area contributed by atoms with Crippen molar-refractivity contribution in [3.63, 3.8) is 0 Å². The Morgan fingerprint density at radius 1 is 0.373 bits per heavy atom. The number of benzene rings is 9. The Labute approximate surface area is 345 Å². The summed E-state index contributed by atoms with van der Waals surface area (Å²) in [4.78, 5) is 4.91. The van der Waals surface area contributed by atoms with Crippen LogP contribution in [0.5, 0.6) is 0 Å². The Bertz CT molecular complexity index is 2990. The van der Waals surface area contributed by atoms with Crippen LogP contribution in [0.3, 0.4) is 0 Å². The van der Waals surface area contributed by atoms with Crippen molar-refractivity contribution in [3.8, 4) is 11.1 Å². The van der Waals surface area contributed by atoms with Crippen molar-refractivity contribution in [2.45, 2.75) is 18.3 Å². The van der Waals surface area contributed by atoms with E-state index in [9.17, 15) is 0 Å². The van der Waals surface area contributed by atoms with Gasteiger partial charge in [-0.25, -0.2) is 0 Å². The molecule has 0 N–H and O–H groups in total. The van der Waals surface area contributed by atoms with Gasteiger partial charge in [0, 0.05) is 33.5 Å². The molecule has 9 aromatic carbocycles. The molecule has 1 spiro atoms. The lowest BCUT2D eigenvalue weighted by Crippen LogP contribution is -2.27. The molecule has 3 aliphatic rings. The van der Waals surface area contributed by atoms with Gasteiger partial charge in [-0.1, -0.05) is 158 Å². The number of para-hydroxylation sites is 2. The van der Waals surface area contributed by atoms with Crippen molar-refractivity contribution >= 4 is 61.2 Å². The van der Waals surface area contributed by atoms with Crippen molar-refractivity contribution in [2.24, 2.45) is 0 Å². The summed E-state index contributed by atoms with van der Waals surface area (Å²) in [6.45, 7) is 0. The molecule has 0 fully saturated rings. The summed E-state index contributed by atoms with van der Waals surface area (Å²) in [7, 11) is 0. The first kappa shape index (κ1) is 33.7. The highest BCUT2D eigenvalue weighted by atomic mass is 15.1. The molecule has 0 atom stereocenters. The molecule has 0 aromatic heterocycles. The van der Waals surface area contributed by atoms with Gasteiger partial charge < -0.3 is 9.80 Å². The summed E-state index contributed by atoms with van der Waals surface area (Å²) >= 11 is 0. The number of anilines is 6. The predicted molar refractivity (Wildman–Crippen MR) is 248 cm³/mol. The number of hydrogen-bond acceptors (Lipinski definition) is 2. The average molecular weight is 753 g/mol. The summed E-state index contributed by atoms with van der Waals surface area (Å²) in [6.07, 6.45) is 6.94. The first-order valence-corrected chi connectivity index (χ1v) is 20.7. The topological polar surface area (TPSA) is 6.48 Å². The van der Waals surface area contributed by atoms with Gasteiger partial charge in [0.05, 0.1) is 16.8 Å². The second kappa shape index (κ2) is 13.3. The molecule has 278 valence electrons. The van der Waals surface area contributed by atoms with Crippen molar-refractivity contribution in [1.29, 1.82) is 0 Å². The van der Waals surface area contributed by atoms with E-state index in [2.05, 4.69) is 228 Å². The molecular formula is C57H40N2. The maximum absolute atomic E-state index is 2.51. The minimum Gasteiger partial charge on any atom is -0.310 e. The van der Waals surface area contributed by atoms with E-state index >= 15 is 0 Å². The minimum absolute atomic E-state index is 0.498. The lowest BCUT2D eigenvalue weighted by Gasteiger charge is -2.34. The normalized spacial score (nSPS) is 14.3. The van der Waals surface area contributed by atoms with Gasteiger partial charge in [0.25, 0.3) is 0 Å². The zero-order valence-corrected chi connectivity index (χ0v) is 32.6. The third-order valence-corrected chi connectivity index (χ3v) is 12.9. The third kappa shape index (κ3) is 5.00. The van der Waals surface area contributed by atoms with Gasteiger partial charge in [0.1, 0.15) is 0 Å². The second-order valence-electron chi connectivity index (χ2n) is 15.9. The molecule has 0 amide bonds. The molecular weight excluding hydrogens is 713 g/mol. The lowest BCUT2D eigenvalue weighted by molar-refractivity contribution is 0.780. The first-order valence-electron chi connectivity index (χ1n) is 20.7. The Morgan fingerprint density at radius 3 is 1.44 bits per heavy atom. The fraction of sp³-hybridized carbons (Fsp3) is 0.0526. The lowest BCUT2D eigenvalue weighted by atomic mass is 9.69. The maximum Gasteiger partial charge on any atom is 0.0723 e. The molecule has 0 aliphatic heterocycles. The molecule has 0 bridgehead atoms. The SMILES string of the molecule is C1=CC2=C(CC1)c1ccccc1C21c2cc(N(c3ccccc3)c3cccc4ccccc34)ccc2-c2ccc(N(c3ccccc3)c3cccc4ccccc34)cc21. The number of nitrogens with zero attached hydrogens (tertiary/aromatic N) is 2. The molecule has 0 heterocycles. The first-order chi connectivity index (χ1) is 29.3. The van der Waals surface area contributed by atoms with Crippen LogP contribution in [0.2, 0.25) is 0 Å². The minimum atomic E-state index is -0.498. The van der Waals surface area contributed by atoms with E-state index < -0.39 is 5.41 Å². The monoisotopic (exact) mass is 752 g/mol. The molecule has 0 unspecified atom stereocenters. The standard InChI is InChI=1S/C57H40N2/c1-3-21-41(22-4-1)58(55-31-15-19-39-17-7-9-25-45(39)55)43-33-35-49-50-36-34-44(59(42-23-5-2-6-24-42)56-32-16-20-40-18-8-10-26-46(40)56)38-54(50)57(53(49)37-43)51-29-13-11-27-47(51)48-28-12-14-30-52(48)57/h1-11,13-27,29-38H,12,28H2. The predicted octanol–water partition coefficient (Wildman–Crippen LogP) is 15.4. The van der Waals surface area contributed by atoms with Gasteiger partial charge in [0.2, 0.25) is 0 Å². The number of hydrogen-bond donors (Lipinski definition) is 0. The fourth-order valence-corrected chi connectivity index (χ4v) is 10.5. The molecule has 0 saturated heterocycles. The van der Waals surface area contributed by atoms with Crippen molar-refractivity contribution < 1.29 is 0 Å². The largest absolute Gasteiger partial charge is 0.310 e. The highest BCUT2D eigenvalue weighted by molar-refractivity contribution is 6.03. The smallest absolute Gasteiger partial charge is 0.0723 e. The van der Waals surface area contributed by atoms with Crippen LogP contribution in [0.25, 0.3) is 38.2 Å². The van der Waals surface area contributed by atoms with E-state index in [1.165, 1.54) is 77.4 Å². The zero-order chi connectivity index (χ0) is 38.9. The Balaban J connectivity index is 1.14. The zero-order valence-electron chi connectivity index (χ0n) is 32.6. The highest BCUT2D eigenvalue weighted by Crippen LogP contribution is 2.64. The van der Waals surface area contributed by atoms with Crippen molar-refractivity contribution in [1.82, 2.24) is 0 Å². The van der Waals surface area contributed by atoms with E-state index in [0.717, 1.165) is 35.6 Å². The van der Waals surface area contributed by atoms with Crippen molar-refractivity contribution in [3.05, 3.63) is 246 Å². The maximum atomic E-state index is 2.51. The molecule has 3 aliphatic carbocycles. The summed E-state index contributed by atoms with van der Waals surface area (Å²) in [5, 5.41) is 4.90. The number of fused-ring (bicyclic) bond motifs is 11. The van der Waals surface area contributed by atoms with Gasteiger partial charge in [0.15, 0.2) is 0 Å². The van der Waals surface area contributed by atoms with Crippen LogP contribution in [0.15, 0.2) is 224 Å². The Hall–Kier alpha value is -7.42. The molecule has 0 radical (unpaired) electrons. The van der Waals surface area contributed by atoms with E-state index in [1.807, 2.05) is 0 Å². The molecule has 59 heavy (non-hydrogen) atoms. The Kier molecular flexibility index (Phi) is 7.61. The van der Waals surface area contributed by atoms with Crippen LogP contribution in [0.4, 0.5) is 34.1 Å². The van der Waals surface area contributed by atoms with E-state index in [1.54, 1.807) is 0 Å². The van der Waals surface area contributed by atoms with Gasteiger partial charge in [-0.15, -0.1) is 0 Å². The molecule has 0 saturated carbocycles. The van der Waals surface area contributed by atoms with Gasteiger partial charge >= 0.3 is 0 Å². The van der Waals surface area contributed by atoms with Gasteiger partial charge in [-0.3, -0.25) is 0 Å². The van der Waals surface area contributed by atoms with Gasteiger partial charge in [-0.2, -0.15) is 0 Å². The van der Waals surface area contributed by atoms with E-state index in [-0.39, 0.29) is 0 Å². The van der Waals surface area contributed by atoms with Crippen LogP contribution in [-0.4, -0.2) is 0 Å². The van der Waals surface area contributed by atoms with Crippen LogP contribution in [0.1, 0.15) is 35.1 Å². The fourth-order valence-electron chi connectivity index (χ4n) is 10.5. The molecule has 2 heteroatoms. The van der Waals surface area contributed by atoms with E-state index in [4.69, 9.17) is 0 Å². The third-order valence-electron chi connectivity index (χ3n) is 12.9. The summed E-state index contributed by atoms with van der Waals surface area (Å²) in [5.41, 5.74) is 17.3. The van der Waals surface area contributed by atoms with Gasteiger partial charge in [-0.05, 0) is 129 Å². The number of allylic oxidation sites excluding steroid dienone is 4. The summed E-state index contributed by atoms with van der Waals surface area (Å²) in [5.74, 6) is 0. The van der Waals surface area contributed by atoms with Crippen LogP contribution in [-0.2, 0) is 5.41 Å². The quantitative estimate of drug-likeness (QED) is 0.167. The van der Waals surface area contributed by atoms with Crippen LogP contribution in [0, 0.1) is 0 Å². The summed E-state index contributed by atoms with van der Waals surface area (Å²) in [6, 6.07) is 76.2.